The SMILES string of the molecule is Cc1ncc(C(=O)NCCNC(=O)Cc2ccccc2)s1. The molecule has 0 aliphatic heterocycles. The quantitative estimate of drug-likeness (QED) is 0.795. The van der Waals surface area contributed by atoms with E-state index in [0.29, 0.717) is 24.4 Å². The highest BCUT2D eigenvalue weighted by Gasteiger charge is 2.08. The summed E-state index contributed by atoms with van der Waals surface area (Å²) in [6.45, 7) is 2.66. The first-order valence-corrected chi connectivity index (χ1v) is 7.48. The standard InChI is InChI=1S/C15H17N3O2S/c1-11-18-10-13(21-11)15(20)17-8-7-16-14(19)9-12-5-3-2-4-6-12/h2-6,10H,7-9H2,1H3,(H,16,19)(H,17,20). The Bertz CT molecular complexity index is 610. The molecule has 1 aromatic heterocycles. The molecule has 2 amide bonds. The number of aryl methyl sites for hydroxylation is 1. The maximum atomic E-state index is 11.7. The summed E-state index contributed by atoms with van der Waals surface area (Å²) >= 11 is 1.35. The number of benzene rings is 1. The Labute approximate surface area is 127 Å². The van der Waals surface area contributed by atoms with Crippen LogP contribution in [0.5, 0.6) is 0 Å². The first kappa shape index (κ1) is 15.2. The van der Waals surface area contributed by atoms with Crippen LogP contribution in [0.2, 0.25) is 0 Å². The summed E-state index contributed by atoms with van der Waals surface area (Å²) in [4.78, 5) is 28.1. The summed E-state index contributed by atoms with van der Waals surface area (Å²) in [7, 11) is 0. The maximum Gasteiger partial charge on any atom is 0.263 e. The van der Waals surface area contributed by atoms with Gasteiger partial charge in [-0.3, -0.25) is 9.59 Å². The molecular formula is C15H17N3O2S. The molecule has 21 heavy (non-hydrogen) atoms. The van der Waals surface area contributed by atoms with Crippen molar-refractivity contribution in [1.29, 1.82) is 0 Å². The lowest BCUT2D eigenvalue weighted by Gasteiger charge is -2.06. The number of hydrogen-bond acceptors (Lipinski definition) is 4. The van der Waals surface area contributed by atoms with Crippen LogP contribution in [0.25, 0.3) is 0 Å². The van der Waals surface area contributed by atoms with E-state index in [1.54, 1.807) is 6.20 Å². The Balaban J connectivity index is 1.65. The van der Waals surface area contributed by atoms with Gasteiger partial charge in [-0.25, -0.2) is 4.98 Å². The van der Waals surface area contributed by atoms with Crippen LogP contribution < -0.4 is 10.6 Å². The molecule has 2 N–H and O–H groups in total. The minimum absolute atomic E-state index is 0.0518. The third-order valence-corrected chi connectivity index (χ3v) is 3.70. The van der Waals surface area contributed by atoms with E-state index in [-0.39, 0.29) is 11.8 Å². The van der Waals surface area contributed by atoms with Gasteiger partial charge in [0, 0.05) is 13.1 Å². The molecule has 1 aromatic carbocycles. The number of carbonyl (C=O) groups excluding carboxylic acids is 2. The van der Waals surface area contributed by atoms with Crippen LogP contribution in [0.1, 0.15) is 20.2 Å². The molecule has 0 aliphatic rings. The molecule has 0 fully saturated rings. The number of nitrogens with zero attached hydrogens (tertiary/aromatic N) is 1. The van der Waals surface area contributed by atoms with Gasteiger partial charge in [0.25, 0.3) is 5.91 Å². The van der Waals surface area contributed by atoms with Crippen LogP contribution in [0.15, 0.2) is 36.5 Å². The van der Waals surface area contributed by atoms with Crippen LogP contribution >= 0.6 is 11.3 Å². The Morgan fingerprint density at radius 2 is 1.86 bits per heavy atom. The fraction of sp³-hybridized carbons (Fsp3) is 0.267. The molecule has 0 aliphatic carbocycles. The lowest BCUT2D eigenvalue weighted by molar-refractivity contribution is -0.120. The van der Waals surface area contributed by atoms with E-state index in [4.69, 9.17) is 0 Å². The summed E-state index contributed by atoms with van der Waals surface area (Å²) in [5, 5.41) is 6.38. The van der Waals surface area contributed by atoms with Crippen LogP contribution in [0, 0.1) is 6.92 Å². The maximum absolute atomic E-state index is 11.7. The van der Waals surface area contributed by atoms with Gasteiger partial charge < -0.3 is 10.6 Å². The van der Waals surface area contributed by atoms with Crippen molar-refractivity contribution in [3.05, 3.63) is 52.0 Å². The third kappa shape index (κ3) is 5.00. The highest BCUT2D eigenvalue weighted by atomic mass is 32.1. The van der Waals surface area contributed by atoms with E-state index in [1.807, 2.05) is 37.3 Å². The molecule has 5 nitrogen and oxygen atoms in total. The summed E-state index contributed by atoms with van der Waals surface area (Å²) in [5.74, 6) is -0.206. The smallest absolute Gasteiger partial charge is 0.263 e. The van der Waals surface area contributed by atoms with E-state index in [2.05, 4.69) is 15.6 Å². The summed E-state index contributed by atoms with van der Waals surface area (Å²) in [5.41, 5.74) is 0.971. The molecule has 2 rings (SSSR count). The zero-order chi connectivity index (χ0) is 15.1. The van der Waals surface area contributed by atoms with Gasteiger partial charge in [0.2, 0.25) is 5.91 Å². The molecule has 1 heterocycles. The number of nitrogens with one attached hydrogen (secondary N) is 2. The first-order valence-electron chi connectivity index (χ1n) is 6.66. The lowest BCUT2D eigenvalue weighted by atomic mass is 10.1. The van der Waals surface area contributed by atoms with Gasteiger partial charge in [-0.15, -0.1) is 11.3 Å². The third-order valence-electron chi connectivity index (χ3n) is 2.79. The fourth-order valence-corrected chi connectivity index (χ4v) is 2.47. The van der Waals surface area contributed by atoms with E-state index in [1.165, 1.54) is 11.3 Å². The van der Waals surface area contributed by atoms with E-state index >= 15 is 0 Å². The molecule has 0 saturated heterocycles. The Morgan fingerprint density at radius 1 is 1.14 bits per heavy atom. The minimum atomic E-state index is -0.155. The monoisotopic (exact) mass is 303 g/mol. The van der Waals surface area contributed by atoms with Crippen molar-refractivity contribution in [3.8, 4) is 0 Å². The van der Waals surface area contributed by atoms with Crippen LogP contribution in [0.4, 0.5) is 0 Å². The number of amides is 2. The molecule has 0 spiro atoms. The lowest BCUT2D eigenvalue weighted by Crippen LogP contribution is -2.35. The molecule has 0 saturated carbocycles. The number of hydrogen-bond donors (Lipinski definition) is 2. The summed E-state index contributed by atoms with van der Waals surface area (Å²) in [6, 6.07) is 9.54. The predicted octanol–water partition coefficient (Wildman–Crippen LogP) is 1.54. The molecule has 2 aromatic rings. The second-order valence-electron chi connectivity index (χ2n) is 4.51. The van der Waals surface area contributed by atoms with Gasteiger partial charge in [-0.05, 0) is 12.5 Å². The topological polar surface area (TPSA) is 71.1 Å². The van der Waals surface area contributed by atoms with Gasteiger partial charge in [-0.2, -0.15) is 0 Å². The molecule has 6 heteroatoms. The zero-order valence-electron chi connectivity index (χ0n) is 11.8. The number of thiazole rings is 1. The summed E-state index contributed by atoms with van der Waals surface area (Å²) < 4.78 is 0. The van der Waals surface area contributed by atoms with Gasteiger partial charge in [-0.1, -0.05) is 30.3 Å². The first-order chi connectivity index (χ1) is 10.1. The normalized spacial score (nSPS) is 10.1. The molecule has 0 bridgehead atoms. The molecule has 0 atom stereocenters. The summed E-state index contributed by atoms with van der Waals surface area (Å²) in [6.07, 6.45) is 1.91. The van der Waals surface area contributed by atoms with Crippen molar-refractivity contribution in [1.82, 2.24) is 15.6 Å². The Kier molecular flexibility index (Phi) is 5.45. The van der Waals surface area contributed by atoms with Crippen molar-refractivity contribution in [2.24, 2.45) is 0 Å². The molecule has 0 unspecified atom stereocenters. The van der Waals surface area contributed by atoms with Crippen molar-refractivity contribution in [2.45, 2.75) is 13.3 Å². The fourth-order valence-electron chi connectivity index (χ4n) is 1.78. The Morgan fingerprint density at radius 3 is 2.52 bits per heavy atom. The molecule has 0 radical (unpaired) electrons. The molecule has 110 valence electrons. The average molecular weight is 303 g/mol. The van der Waals surface area contributed by atoms with E-state index in [0.717, 1.165) is 10.6 Å². The largest absolute Gasteiger partial charge is 0.354 e. The predicted molar refractivity (Wildman–Crippen MR) is 82.3 cm³/mol. The van der Waals surface area contributed by atoms with Crippen molar-refractivity contribution in [3.63, 3.8) is 0 Å². The van der Waals surface area contributed by atoms with E-state index in [9.17, 15) is 9.59 Å². The van der Waals surface area contributed by atoms with Gasteiger partial charge in [0.05, 0.1) is 17.6 Å². The van der Waals surface area contributed by atoms with Crippen molar-refractivity contribution < 1.29 is 9.59 Å². The highest BCUT2D eigenvalue weighted by Crippen LogP contribution is 2.10. The van der Waals surface area contributed by atoms with E-state index < -0.39 is 0 Å². The van der Waals surface area contributed by atoms with Crippen LogP contribution in [-0.2, 0) is 11.2 Å². The van der Waals surface area contributed by atoms with Crippen molar-refractivity contribution >= 4 is 23.2 Å². The van der Waals surface area contributed by atoms with Gasteiger partial charge >= 0.3 is 0 Å². The zero-order valence-corrected chi connectivity index (χ0v) is 12.6. The number of carbonyl (C=O) groups is 2. The number of aromatic nitrogens is 1. The average Bonchev–Trinajstić information content (AvgIpc) is 2.91. The second kappa shape index (κ2) is 7.54. The minimum Gasteiger partial charge on any atom is -0.354 e. The van der Waals surface area contributed by atoms with Crippen LogP contribution in [-0.4, -0.2) is 29.9 Å². The second-order valence-corrected chi connectivity index (χ2v) is 5.75. The van der Waals surface area contributed by atoms with Crippen LogP contribution in [0.3, 0.4) is 0 Å². The highest BCUT2D eigenvalue weighted by molar-refractivity contribution is 7.13. The van der Waals surface area contributed by atoms with Gasteiger partial charge in [0.15, 0.2) is 0 Å². The molecular weight excluding hydrogens is 286 g/mol. The number of rotatable bonds is 6. The van der Waals surface area contributed by atoms with Crippen molar-refractivity contribution in [2.75, 3.05) is 13.1 Å². The Hall–Kier alpha value is -2.21. The van der Waals surface area contributed by atoms with Gasteiger partial charge in [0.1, 0.15) is 4.88 Å².